The van der Waals surface area contributed by atoms with E-state index in [0.717, 1.165) is 61.6 Å². The Hall–Kier alpha value is -2.61. The Bertz CT molecular complexity index is 813. The lowest BCUT2D eigenvalue weighted by atomic mass is 9.82. The number of carbonyl (C=O) groups excluding carboxylic acids is 3. The van der Waals surface area contributed by atoms with E-state index >= 15 is 0 Å². The van der Waals surface area contributed by atoms with E-state index < -0.39 is 11.6 Å². The molecule has 1 aromatic carbocycles. The number of anilines is 1. The predicted molar refractivity (Wildman–Crippen MR) is 114 cm³/mol. The number of likely N-dealkylation sites (N-methyl/N-ethyl adjacent to an activating group) is 1. The van der Waals surface area contributed by atoms with Crippen molar-refractivity contribution in [3.8, 4) is 0 Å². The highest BCUT2D eigenvalue weighted by Crippen LogP contribution is 2.33. The Morgan fingerprint density at radius 1 is 1.07 bits per heavy atom. The van der Waals surface area contributed by atoms with Gasteiger partial charge in [-0.1, -0.05) is 37.5 Å². The van der Waals surface area contributed by atoms with Gasteiger partial charge in [-0.05, 0) is 31.5 Å². The fourth-order valence-electron chi connectivity index (χ4n) is 4.72. The number of urea groups is 1. The van der Waals surface area contributed by atoms with E-state index in [1.807, 2.05) is 18.2 Å². The molecule has 2 aliphatic heterocycles. The molecular weight excluding hydrogens is 382 g/mol. The molecule has 1 spiro atoms. The maximum atomic E-state index is 12.8. The van der Waals surface area contributed by atoms with Crippen molar-refractivity contribution in [3.05, 3.63) is 29.8 Å². The molecule has 3 aliphatic rings. The molecule has 1 saturated carbocycles. The number of benzene rings is 1. The van der Waals surface area contributed by atoms with Crippen LogP contribution in [-0.2, 0) is 16.1 Å². The first-order valence-corrected chi connectivity index (χ1v) is 10.9. The Kier molecular flexibility index (Phi) is 5.94. The molecule has 3 fully saturated rings. The monoisotopic (exact) mass is 413 g/mol. The summed E-state index contributed by atoms with van der Waals surface area (Å²) in [5, 5.41) is 5.75. The van der Waals surface area contributed by atoms with Crippen LogP contribution in [0.3, 0.4) is 0 Å². The van der Waals surface area contributed by atoms with Crippen molar-refractivity contribution in [3.63, 3.8) is 0 Å². The van der Waals surface area contributed by atoms with Crippen LogP contribution >= 0.6 is 0 Å². The Morgan fingerprint density at radius 3 is 2.50 bits per heavy atom. The molecule has 162 valence electrons. The minimum atomic E-state index is -0.788. The maximum absolute atomic E-state index is 12.8. The van der Waals surface area contributed by atoms with Crippen LogP contribution in [0.25, 0.3) is 0 Å². The number of carbonyl (C=O) groups is 3. The zero-order chi connectivity index (χ0) is 21.1. The van der Waals surface area contributed by atoms with Crippen molar-refractivity contribution < 1.29 is 14.4 Å². The Balaban J connectivity index is 1.35. The molecule has 4 amide bonds. The lowest BCUT2D eigenvalue weighted by Crippen LogP contribution is -2.49. The summed E-state index contributed by atoms with van der Waals surface area (Å²) in [6.07, 6.45) is 4.25. The van der Waals surface area contributed by atoms with Crippen molar-refractivity contribution in [2.45, 2.75) is 44.2 Å². The van der Waals surface area contributed by atoms with Crippen molar-refractivity contribution >= 4 is 23.5 Å². The van der Waals surface area contributed by atoms with Gasteiger partial charge in [0.15, 0.2) is 0 Å². The fourth-order valence-corrected chi connectivity index (χ4v) is 4.72. The van der Waals surface area contributed by atoms with Gasteiger partial charge in [0.2, 0.25) is 5.91 Å². The Labute approximate surface area is 177 Å². The third-order valence-corrected chi connectivity index (χ3v) is 6.57. The van der Waals surface area contributed by atoms with Gasteiger partial charge in [-0.3, -0.25) is 14.5 Å². The van der Waals surface area contributed by atoms with E-state index in [9.17, 15) is 14.4 Å². The molecular formula is C22H31N5O3. The van der Waals surface area contributed by atoms with Crippen LogP contribution in [0.15, 0.2) is 24.3 Å². The van der Waals surface area contributed by atoms with Gasteiger partial charge in [0.1, 0.15) is 12.1 Å². The van der Waals surface area contributed by atoms with Gasteiger partial charge in [-0.15, -0.1) is 0 Å². The molecule has 2 N–H and O–H groups in total. The standard InChI is InChI=1S/C22H31N5O3/c1-25-11-13-26(14-12-25)18-8-4-3-7-17(18)15-23-19(28)16-27-20(29)22(24-21(27)30)9-5-2-6-10-22/h3-4,7-8H,2,5-6,9-16H2,1H3,(H,23,28)(H,24,30). The summed E-state index contributed by atoms with van der Waals surface area (Å²) in [7, 11) is 2.12. The predicted octanol–water partition coefficient (Wildman–Crippen LogP) is 1.31. The number of para-hydroxylation sites is 1. The van der Waals surface area contributed by atoms with Gasteiger partial charge in [-0.25, -0.2) is 4.79 Å². The maximum Gasteiger partial charge on any atom is 0.325 e. The van der Waals surface area contributed by atoms with Crippen molar-refractivity contribution in [2.75, 3.05) is 44.7 Å². The number of hydrogen-bond donors (Lipinski definition) is 2. The number of amides is 4. The number of rotatable bonds is 5. The largest absolute Gasteiger partial charge is 0.369 e. The first-order valence-electron chi connectivity index (χ1n) is 10.9. The van der Waals surface area contributed by atoms with E-state index in [0.29, 0.717) is 19.4 Å². The highest BCUT2D eigenvalue weighted by atomic mass is 16.2. The third kappa shape index (κ3) is 4.14. The van der Waals surface area contributed by atoms with Gasteiger partial charge < -0.3 is 20.4 Å². The highest BCUT2D eigenvalue weighted by Gasteiger charge is 2.51. The normalized spacial score (nSPS) is 21.8. The second-order valence-electron chi connectivity index (χ2n) is 8.66. The lowest BCUT2D eigenvalue weighted by molar-refractivity contribution is -0.135. The molecule has 0 atom stereocenters. The molecule has 2 heterocycles. The number of piperazine rings is 1. The second-order valence-corrected chi connectivity index (χ2v) is 8.66. The number of imide groups is 1. The van der Waals surface area contributed by atoms with Gasteiger partial charge in [0, 0.05) is 38.4 Å². The molecule has 8 nitrogen and oxygen atoms in total. The van der Waals surface area contributed by atoms with E-state index in [1.54, 1.807) is 0 Å². The SMILES string of the molecule is CN1CCN(c2ccccc2CNC(=O)CN2C(=O)NC3(CCCCC3)C2=O)CC1. The summed E-state index contributed by atoms with van der Waals surface area (Å²) in [6.45, 7) is 4.06. The first kappa shape index (κ1) is 20.7. The van der Waals surface area contributed by atoms with Gasteiger partial charge >= 0.3 is 6.03 Å². The van der Waals surface area contributed by atoms with Crippen LogP contribution in [-0.4, -0.2) is 73.0 Å². The van der Waals surface area contributed by atoms with Crippen LogP contribution in [0, 0.1) is 0 Å². The summed E-state index contributed by atoms with van der Waals surface area (Å²) in [5.41, 5.74) is 1.38. The number of nitrogens with one attached hydrogen (secondary N) is 2. The number of hydrogen-bond acceptors (Lipinski definition) is 5. The molecule has 1 aliphatic carbocycles. The van der Waals surface area contributed by atoms with Crippen molar-refractivity contribution in [1.82, 2.24) is 20.4 Å². The molecule has 2 saturated heterocycles. The van der Waals surface area contributed by atoms with E-state index in [-0.39, 0.29) is 18.4 Å². The summed E-state index contributed by atoms with van der Waals surface area (Å²) in [5.74, 6) is -0.570. The summed E-state index contributed by atoms with van der Waals surface area (Å²) < 4.78 is 0. The smallest absolute Gasteiger partial charge is 0.325 e. The molecule has 0 unspecified atom stereocenters. The van der Waals surface area contributed by atoms with Gasteiger partial charge in [0.25, 0.3) is 5.91 Å². The molecule has 4 rings (SSSR count). The average molecular weight is 414 g/mol. The van der Waals surface area contributed by atoms with Gasteiger partial charge in [0.05, 0.1) is 0 Å². The van der Waals surface area contributed by atoms with Gasteiger partial charge in [-0.2, -0.15) is 0 Å². The van der Waals surface area contributed by atoms with E-state index in [4.69, 9.17) is 0 Å². The van der Waals surface area contributed by atoms with Crippen LogP contribution < -0.4 is 15.5 Å². The van der Waals surface area contributed by atoms with Crippen LogP contribution in [0.2, 0.25) is 0 Å². The molecule has 0 bridgehead atoms. The quantitative estimate of drug-likeness (QED) is 0.711. The first-order chi connectivity index (χ1) is 14.5. The third-order valence-electron chi connectivity index (χ3n) is 6.57. The van der Waals surface area contributed by atoms with Crippen LogP contribution in [0.4, 0.5) is 10.5 Å². The van der Waals surface area contributed by atoms with Crippen LogP contribution in [0.5, 0.6) is 0 Å². The number of nitrogens with zero attached hydrogens (tertiary/aromatic N) is 3. The zero-order valence-corrected chi connectivity index (χ0v) is 17.7. The molecule has 1 aromatic rings. The lowest BCUT2D eigenvalue weighted by Gasteiger charge is -2.35. The molecule has 30 heavy (non-hydrogen) atoms. The van der Waals surface area contributed by atoms with Crippen molar-refractivity contribution in [1.29, 1.82) is 0 Å². The van der Waals surface area contributed by atoms with E-state index in [2.05, 4.69) is 33.5 Å². The average Bonchev–Trinajstić information content (AvgIpc) is 2.97. The fraction of sp³-hybridized carbons (Fsp3) is 0.591. The molecule has 0 radical (unpaired) electrons. The summed E-state index contributed by atoms with van der Waals surface area (Å²) in [4.78, 5) is 43.5. The highest BCUT2D eigenvalue weighted by molar-refractivity contribution is 6.09. The Morgan fingerprint density at radius 2 is 1.77 bits per heavy atom. The van der Waals surface area contributed by atoms with Crippen LogP contribution in [0.1, 0.15) is 37.7 Å². The van der Waals surface area contributed by atoms with E-state index in [1.165, 1.54) is 0 Å². The minimum Gasteiger partial charge on any atom is -0.369 e. The zero-order valence-electron chi connectivity index (χ0n) is 17.7. The topological polar surface area (TPSA) is 85.0 Å². The van der Waals surface area contributed by atoms with Crippen molar-refractivity contribution in [2.24, 2.45) is 0 Å². The minimum absolute atomic E-state index is 0.233. The second kappa shape index (κ2) is 8.63. The molecule has 8 heteroatoms. The molecule has 0 aromatic heterocycles. The summed E-state index contributed by atoms with van der Waals surface area (Å²) in [6, 6.07) is 7.62. The summed E-state index contributed by atoms with van der Waals surface area (Å²) >= 11 is 0.